The largest absolute Gasteiger partial charge is 0.317 e. The van der Waals surface area contributed by atoms with Gasteiger partial charge in [0, 0.05) is 22.6 Å². The Hall–Kier alpha value is -0.280. The molecule has 0 amide bonds. The van der Waals surface area contributed by atoms with E-state index in [0.29, 0.717) is 6.04 Å². The zero-order valence-electron chi connectivity index (χ0n) is 10.8. The fourth-order valence-corrected chi connectivity index (χ4v) is 2.93. The lowest BCUT2D eigenvalue weighted by atomic mass is 10.0. The van der Waals surface area contributed by atoms with Crippen LogP contribution in [0.1, 0.15) is 25.3 Å². The highest BCUT2D eigenvalue weighted by Gasteiger charge is 2.20. The van der Waals surface area contributed by atoms with Crippen LogP contribution in [0.4, 0.5) is 0 Å². The highest BCUT2D eigenvalue weighted by molar-refractivity contribution is 6.33. The maximum Gasteiger partial charge on any atom is 0.0452 e. The lowest BCUT2D eigenvalue weighted by molar-refractivity contribution is 0.162. The number of rotatable bonds is 4. The molecule has 0 radical (unpaired) electrons. The van der Waals surface area contributed by atoms with Gasteiger partial charge in [-0.05, 0) is 56.2 Å². The van der Waals surface area contributed by atoms with Crippen molar-refractivity contribution < 1.29 is 0 Å². The average Bonchev–Trinajstić information content (AvgIpc) is 2.41. The van der Waals surface area contributed by atoms with Gasteiger partial charge < -0.3 is 5.32 Å². The number of nitrogens with one attached hydrogen (secondary N) is 1. The van der Waals surface area contributed by atoms with Gasteiger partial charge in [-0.3, -0.25) is 4.90 Å². The monoisotopic (exact) mass is 286 g/mol. The molecule has 0 aliphatic carbocycles. The summed E-state index contributed by atoms with van der Waals surface area (Å²) < 4.78 is 0. The number of hydrogen-bond acceptors (Lipinski definition) is 2. The Morgan fingerprint density at radius 1 is 1.28 bits per heavy atom. The van der Waals surface area contributed by atoms with Gasteiger partial charge in [-0.1, -0.05) is 30.1 Å². The van der Waals surface area contributed by atoms with Gasteiger partial charge in [0.25, 0.3) is 0 Å². The molecule has 1 heterocycles. The number of piperidine rings is 1. The SMILES string of the molecule is CCN(Cc1cc(Cl)ccc1Cl)C1CCNCC1. The van der Waals surface area contributed by atoms with Crippen LogP contribution in [-0.2, 0) is 6.54 Å². The number of benzene rings is 1. The summed E-state index contributed by atoms with van der Waals surface area (Å²) in [6.45, 7) is 6.38. The third kappa shape index (κ3) is 3.61. The van der Waals surface area contributed by atoms with Crippen molar-refractivity contribution in [3.8, 4) is 0 Å². The fraction of sp³-hybridized carbons (Fsp3) is 0.571. The second-order valence-electron chi connectivity index (χ2n) is 4.78. The van der Waals surface area contributed by atoms with Crippen molar-refractivity contribution >= 4 is 23.2 Å². The van der Waals surface area contributed by atoms with Gasteiger partial charge in [0.1, 0.15) is 0 Å². The van der Waals surface area contributed by atoms with E-state index < -0.39 is 0 Å². The summed E-state index contributed by atoms with van der Waals surface area (Å²) in [5.41, 5.74) is 1.13. The average molecular weight is 287 g/mol. The second kappa shape index (κ2) is 6.76. The molecule has 2 rings (SSSR count). The molecule has 1 saturated heterocycles. The van der Waals surface area contributed by atoms with Gasteiger partial charge in [-0.25, -0.2) is 0 Å². The van der Waals surface area contributed by atoms with Crippen LogP contribution < -0.4 is 5.32 Å². The highest BCUT2D eigenvalue weighted by atomic mass is 35.5. The molecule has 2 nitrogen and oxygen atoms in total. The molecule has 100 valence electrons. The van der Waals surface area contributed by atoms with E-state index in [1.807, 2.05) is 18.2 Å². The molecule has 0 unspecified atom stereocenters. The van der Waals surface area contributed by atoms with Crippen molar-refractivity contribution in [1.29, 1.82) is 0 Å². The number of hydrogen-bond donors (Lipinski definition) is 1. The van der Waals surface area contributed by atoms with Crippen LogP contribution in [0.15, 0.2) is 18.2 Å². The number of nitrogens with zero attached hydrogens (tertiary/aromatic N) is 1. The first-order valence-electron chi connectivity index (χ1n) is 6.59. The summed E-state index contributed by atoms with van der Waals surface area (Å²) >= 11 is 12.3. The van der Waals surface area contributed by atoms with Crippen molar-refractivity contribution in [3.05, 3.63) is 33.8 Å². The molecule has 0 saturated carbocycles. The van der Waals surface area contributed by atoms with Crippen LogP contribution in [0.2, 0.25) is 10.0 Å². The minimum Gasteiger partial charge on any atom is -0.317 e. The number of halogens is 2. The van der Waals surface area contributed by atoms with Gasteiger partial charge in [0.05, 0.1) is 0 Å². The first-order valence-corrected chi connectivity index (χ1v) is 7.35. The highest BCUT2D eigenvalue weighted by Crippen LogP contribution is 2.24. The van der Waals surface area contributed by atoms with E-state index in [1.165, 1.54) is 12.8 Å². The maximum atomic E-state index is 6.24. The van der Waals surface area contributed by atoms with Gasteiger partial charge in [-0.2, -0.15) is 0 Å². The molecule has 1 aliphatic heterocycles. The molecule has 1 fully saturated rings. The van der Waals surface area contributed by atoms with Crippen LogP contribution in [0, 0.1) is 0 Å². The fourth-order valence-electron chi connectivity index (χ4n) is 2.55. The van der Waals surface area contributed by atoms with E-state index in [4.69, 9.17) is 23.2 Å². The Balaban J connectivity index is 2.06. The van der Waals surface area contributed by atoms with Crippen LogP contribution in [0.25, 0.3) is 0 Å². The molecule has 1 aromatic rings. The molecular weight excluding hydrogens is 267 g/mol. The van der Waals surface area contributed by atoms with Gasteiger partial charge in [-0.15, -0.1) is 0 Å². The Bertz CT molecular complexity index is 389. The maximum absolute atomic E-state index is 6.24. The van der Waals surface area contributed by atoms with E-state index in [-0.39, 0.29) is 0 Å². The van der Waals surface area contributed by atoms with Crippen molar-refractivity contribution in [1.82, 2.24) is 10.2 Å². The van der Waals surface area contributed by atoms with E-state index in [2.05, 4.69) is 17.1 Å². The van der Waals surface area contributed by atoms with E-state index >= 15 is 0 Å². The van der Waals surface area contributed by atoms with Crippen LogP contribution in [0.3, 0.4) is 0 Å². The molecule has 0 spiro atoms. The summed E-state index contributed by atoms with van der Waals surface area (Å²) in [4.78, 5) is 2.50. The minimum absolute atomic E-state index is 0.659. The summed E-state index contributed by atoms with van der Waals surface area (Å²) in [6, 6.07) is 6.36. The first-order chi connectivity index (χ1) is 8.70. The van der Waals surface area contributed by atoms with Crippen molar-refractivity contribution in [3.63, 3.8) is 0 Å². The lowest BCUT2D eigenvalue weighted by Gasteiger charge is -2.34. The molecule has 4 heteroatoms. The Kier molecular flexibility index (Phi) is 5.31. The molecule has 0 bridgehead atoms. The van der Waals surface area contributed by atoms with E-state index in [0.717, 1.165) is 41.8 Å². The van der Waals surface area contributed by atoms with Crippen LogP contribution in [0.5, 0.6) is 0 Å². The Morgan fingerprint density at radius 3 is 2.67 bits per heavy atom. The predicted octanol–water partition coefficient (Wildman–Crippen LogP) is 3.57. The lowest BCUT2D eigenvalue weighted by Crippen LogP contribution is -2.42. The third-order valence-electron chi connectivity index (χ3n) is 3.61. The van der Waals surface area contributed by atoms with Gasteiger partial charge in [0.15, 0.2) is 0 Å². The molecule has 0 atom stereocenters. The zero-order valence-corrected chi connectivity index (χ0v) is 12.3. The van der Waals surface area contributed by atoms with Crippen LogP contribution in [-0.4, -0.2) is 30.6 Å². The topological polar surface area (TPSA) is 15.3 Å². The second-order valence-corrected chi connectivity index (χ2v) is 5.62. The van der Waals surface area contributed by atoms with E-state index in [1.54, 1.807) is 0 Å². The standard InChI is InChI=1S/C14H20Cl2N2/c1-2-18(13-5-7-17-8-6-13)10-11-9-12(15)3-4-14(11)16/h3-4,9,13,17H,2,5-8,10H2,1H3. The first kappa shape index (κ1) is 14.1. The minimum atomic E-state index is 0.659. The molecule has 0 aromatic heterocycles. The summed E-state index contributed by atoms with van der Waals surface area (Å²) in [5, 5.41) is 4.98. The van der Waals surface area contributed by atoms with E-state index in [9.17, 15) is 0 Å². The van der Waals surface area contributed by atoms with Crippen molar-refractivity contribution in [2.24, 2.45) is 0 Å². The summed E-state index contributed by atoms with van der Waals surface area (Å²) in [7, 11) is 0. The normalized spacial score (nSPS) is 17.3. The molecule has 1 N–H and O–H groups in total. The molecule has 1 aromatic carbocycles. The smallest absolute Gasteiger partial charge is 0.0452 e. The summed E-state index contributed by atoms with van der Waals surface area (Å²) in [5.74, 6) is 0. The molecular formula is C14H20Cl2N2. The molecule has 1 aliphatic rings. The van der Waals surface area contributed by atoms with Gasteiger partial charge >= 0.3 is 0 Å². The van der Waals surface area contributed by atoms with Crippen LogP contribution >= 0.6 is 23.2 Å². The van der Waals surface area contributed by atoms with Crippen molar-refractivity contribution in [2.75, 3.05) is 19.6 Å². The molecule has 18 heavy (non-hydrogen) atoms. The predicted molar refractivity (Wildman–Crippen MR) is 78.4 cm³/mol. The van der Waals surface area contributed by atoms with Gasteiger partial charge in [0.2, 0.25) is 0 Å². The summed E-state index contributed by atoms with van der Waals surface area (Å²) in [6.07, 6.45) is 2.43. The zero-order chi connectivity index (χ0) is 13.0. The quantitative estimate of drug-likeness (QED) is 0.910. The third-order valence-corrected chi connectivity index (χ3v) is 4.22. The Morgan fingerprint density at radius 2 is 2.00 bits per heavy atom. The van der Waals surface area contributed by atoms with Crippen molar-refractivity contribution in [2.45, 2.75) is 32.4 Å². The Labute approximate surface area is 119 Å².